The van der Waals surface area contributed by atoms with Gasteiger partial charge in [0.25, 0.3) is 0 Å². The molecule has 0 saturated carbocycles. The van der Waals surface area contributed by atoms with Crippen molar-refractivity contribution in [3.05, 3.63) is 59.7 Å². The Morgan fingerprint density at radius 1 is 0.912 bits per heavy atom. The van der Waals surface area contributed by atoms with Gasteiger partial charge in [-0.15, -0.1) is 0 Å². The number of ether oxygens (including phenoxy) is 3. The van der Waals surface area contributed by atoms with Gasteiger partial charge in [0.05, 0.1) is 7.11 Å². The zero-order chi connectivity index (χ0) is 24.6. The number of rotatable bonds is 17. The van der Waals surface area contributed by atoms with Crippen LogP contribution in [0, 0.1) is 0 Å². The molecule has 0 aliphatic carbocycles. The van der Waals surface area contributed by atoms with Crippen LogP contribution in [0.3, 0.4) is 0 Å². The molecule has 0 unspecified atom stereocenters. The van der Waals surface area contributed by atoms with Gasteiger partial charge >= 0.3 is 5.97 Å². The van der Waals surface area contributed by atoms with Crippen LogP contribution in [0.25, 0.3) is 0 Å². The monoisotopic (exact) mass is 469 g/mol. The summed E-state index contributed by atoms with van der Waals surface area (Å²) in [5.41, 5.74) is 2.41. The topological polar surface area (TPSA) is 48.0 Å². The Bertz CT molecular complexity index is 819. The predicted molar refractivity (Wildman–Crippen MR) is 139 cm³/mol. The van der Waals surface area contributed by atoms with E-state index in [2.05, 4.69) is 25.1 Å². The maximum absolute atomic E-state index is 12.4. The highest BCUT2D eigenvalue weighted by Gasteiger charge is 2.17. The van der Waals surface area contributed by atoms with Gasteiger partial charge in [0, 0.05) is 13.0 Å². The molecule has 0 amide bonds. The second kappa shape index (κ2) is 16.2. The average Bonchev–Trinajstić information content (AvgIpc) is 2.84. The van der Waals surface area contributed by atoms with Gasteiger partial charge in [0.1, 0.15) is 24.2 Å². The van der Waals surface area contributed by atoms with Crippen LogP contribution in [-0.4, -0.2) is 51.3 Å². The molecule has 0 aliphatic rings. The Hall–Kier alpha value is -2.53. The molecule has 0 radical (unpaired) electrons. The van der Waals surface area contributed by atoms with Crippen molar-refractivity contribution < 1.29 is 19.0 Å². The van der Waals surface area contributed by atoms with Crippen LogP contribution in [0.1, 0.15) is 63.0 Å². The number of esters is 1. The molecule has 188 valence electrons. The molecule has 0 saturated heterocycles. The number of nitrogens with zero attached hydrogens (tertiary/aromatic N) is 1. The Morgan fingerprint density at radius 2 is 1.62 bits per heavy atom. The second-order valence-electron chi connectivity index (χ2n) is 9.16. The first kappa shape index (κ1) is 27.7. The number of carbonyl (C=O) groups is 1. The number of likely N-dealkylation sites (N-methyl/N-ethyl adjacent to an activating group) is 1. The predicted octanol–water partition coefficient (Wildman–Crippen LogP) is 6.08. The lowest BCUT2D eigenvalue weighted by Crippen LogP contribution is -2.35. The number of carbonyl (C=O) groups excluding carboxylic acids is 1. The molecule has 34 heavy (non-hydrogen) atoms. The third kappa shape index (κ3) is 11.1. The summed E-state index contributed by atoms with van der Waals surface area (Å²) >= 11 is 0. The Labute approximate surface area is 206 Å². The summed E-state index contributed by atoms with van der Waals surface area (Å²) in [7, 11) is 5.65. The summed E-state index contributed by atoms with van der Waals surface area (Å²) in [4.78, 5) is 14.4. The van der Waals surface area contributed by atoms with Gasteiger partial charge < -0.3 is 19.1 Å². The van der Waals surface area contributed by atoms with E-state index in [1.165, 1.54) is 31.2 Å². The van der Waals surface area contributed by atoms with Gasteiger partial charge in [-0.25, -0.2) is 0 Å². The van der Waals surface area contributed by atoms with E-state index in [4.69, 9.17) is 14.2 Å². The van der Waals surface area contributed by atoms with Crippen LogP contribution in [0.15, 0.2) is 48.5 Å². The Kier molecular flexibility index (Phi) is 13.2. The van der Waals surface area contributed by atoms with Crippen molar-refractivity contribution in [1.29, 1.82) is 0 Å². The molecule has 5 heteroatoms. The second-order valence-corrected chi connectivity index (χ2v) is 9.16. The van der Waals surface area contributed by atoms with E-state index in [-0.39, 0.29) is 12.1 Å². The number of hydrogen-bond acceptors (Lipinski definition) is 5. The maximum Gasteiger partial charge on any atom is 0.306 e. The summed E-state index contributed by atoms with van der Waals surface area (Å²) in [5.74, 6) is 1.59. The first-order valence-corrected chi connectivity index (χ1v) is 12.7. The Balaban J connectivity index is 1.86. The average molecular weight is 470 g/mol. The number of unbranched alkanes of at least 4 members (excludes halogenated alkanes) is 5. The molecule has 0 fully saturated rings. The van der Waals surface area contributed by atoms with E-state index in [1.807, 2.05) is 49.3 Å². The van der Waals surface area contributed by atoms with Gasteiger partial charge in [0.2, 0.25) is 0 Å². The maximum atomic E-state index is 12.4. The van der Waals surface area contributed by atoms with E-state index in [9.17, 15) is 4.79 Å². The van der Waals surface area contributed by atoms with Crippen molar-refractivity contribution in [2.75, 3.05) is 34.4 Å². The molecule has 0 aliphatic heterocycles. The van der Waals surface area contributed by atoms with E-state index in [0.29, 0.717) is 19.6 Å². The molecule has 1 atom stereocenters. The molecule has 2 aromatic carbocycles. The van der Waals surface area contributed by atoms with Crippen LogP contribution in [0.2, 0.25) is 0 Å². The molecule has 2 aromatic rings. The van der Waals surface area contributed by atoms with Gasteiger partial charge in [-0.05, 0) is 62.7 Å². The third-order valence-corrected chi connectivity index (χ3v) is 5.84. The molecule has 0 bridgehead atoms. The van der Waals surface area contributed by atoms with Crippen molar-refractivity contribution in [3.8, 4) is 11.5 Å². The fraction of sp³-hybridized carbons (Fsp3) is 0.552. The lowest BCUT2D eigenvalue weighted by Gasteiger charge is -2.22. The van der Waals surface area contributed by atoms with Crippen molar-refractivity contribution in [1.82, 2.24) is 4.90 Å². The minimum atomic E-state index is -0.294. The fourth-order valence-corrected chi connectivity index (χ4v) is 3.93. The first-order valence-electron chi connectivity index (χ1n) is 12.7. The standard InChI is InChI=1S/C29H43NO4/c1-5-6-7-8-9-10-15-29(31)34-27(22-30(2)3)23-33-28-14-12-11-13-25(28)19-16-24-17-20-26(32-4)21-18-24/h11-14,17-18,20-21,27H,5-10,15-16,19,22-23H2,1-4H3/t27-/m0/s1. The number of hydrogen-bond donors (Lipinski definition) is 0. The van der Waals surface area contributed by atoms with Crippen molar-refractivity contribution in [2.24, 2.45) is 0 Å². The molecular weight excluding hydrogens is 426 g/mol. The highest BCUT2D eigenvalue weighted by atomic mass is 16.6. The zero-order valence-electron chi connectivity index (χ0n) is 21.6. The minimum absolute atomic E-state index is 0.126. The van der Waals surface area contributed by atoms with Gasteiger partial charge in [-0.1, -0.05) is 69.4 Å². The van der Waals surface area contributed by atoms with Crippen LogP contribution in [0.4, 0.5) is 0 Å². The molecule has 0 spiro atoms. The highest BCUT2D eigenvalue weighted by Crippen LogP contribution is 2.21. The fourth-order valence-electron chi connectivity index (χ4n) is 3.93. The summed E-state index contributed by atoms with van der Waals surface area (Å²) in [6, 6.07) is 16.3. The minimum Gasteiger partial charge on any atom is -0.497 e. The molecule has 0 heterocycles. The Morgan fingerprint density at radius 3 is 2.32 bits per heavy atom. The molecular formula is C29H43NO4. The lowest BCUT2D eigenvalue weighted by atomic mass is 10.0. The van der Waals surface area contributed by atoms with Crippen LogP contribution in [-0.2, 0) is 22.4 Å². The lowest BCUT2D eigenvalue weighted by molar-refractivity contribution is -0.151. The quantitative estimate of drug-likeness (QED) is 0.207. The SMILES string of the molecule is CCCCCCCCC(=O)O[C@H](COc1ccccc1CCc1ccc(OC)cc1)CN(C)C. The van der Waals surface area contributed by atoms with Crippen molar-refractivity contribution in [2.45, 2.75) is 70.8 Å². The van der Waals surface area contributed by atoms with Crippen LogP contribution >= 0.6 is 0 Å². The van der Waals surface area contributed by atoms with Crippen LogP contribution < -0.4 is 9.47 Å². The molecule has 0 N–H and O–H groups in total. The largest absolute Gasteiger partial charge is 0.497 e. The number of para-hydroxylation sites is 1. The van der Waals surface area contributed by atoms with E-state index in [1.54, 1.807) is 7.11 Å². The first-order chi connectivity index (χ1) is 16.5. The van der Waals surface area contributed by atoms with Crippen molar-refractivity contribution >= 4 is 5.97 Å². The summed E-state index contributed by atoms with van der Waals surface area (Å²) in [6.07, 6.45) is 8.91. The molecule has 2 rings (SSSR count). The summed E-state index contributed by atoms with van der Waals surface area (Å²) < 4.78 is 17.2. The van der Waals surface area contributed by atoms with E-state index in [0.717, 1.165) is 42.7 Å². The smallest absolute Gasteiger partial charge is 0.306 e. The molecule has 0 aromatic heterocycles. The number of methoxy groups -OCH3 is 1. The van der Waals surface area contributed by atoms with E-state index >= 15 is 0 Å². The van der Waals surface area contributed by atoms with Gasteiger partial charge in [-0.2, -0.15) is 0 Å². The third-order valence-electron chi connectivity index (χ3n) is 5.84. The number of benzene rings is 2. The van der Waals surface area contributed by atoms with Gasteiger partial charge in [-0.3, -0.25) is 4.79 Å². The highest BCUT2D eigenvalue weighted by molar-refractivity contribution is 5.69. The van der Waals surface area contributed by atoms with Crippen LogP contribution in [0.5, 0.6) is 11.5 Å². The summed E-state index contributed by atoms with van der Waals surface area (Å²) in [6.45, 7) is 3.19. The molecule has 5 nitrogen and oxygen atoms in total. The van der Waals surface area contributed by atoms with Crippen molar-refractivity contribution in [3.63, 3.8) is 0 Å². The normalized spacial score (nSPS) is 11.9. The van der Waals surface area contributed by atoms with Gasteiger partial charge in [0.15, 0.2) is 0 Å². The summed E-state index contributed by atoms with van der Waals surface area (Å²) in [5, 5.41) is 0. The number of aryl methyl sites for hydroxylation is 2. The van der Waals surface area contributed by atoms with E-state index < -0.39 is 0 Å². The zero-order valence-corrected chi connectivity index (χ0v) is 21.6.